The van der Waals surface area contributed by atoms with Crippen LogP contribution in [0.1, 0.15) is 22.7 Å². The SMILES string of the molecule is Cc1ccc(Cl)cc1C(NN)c1ccc2cccnc2c1. The van der Waals surface area contributed by atoms with E-state index in [1.54, 1.807) is 6.20 Å². The molecule has 106 valence electrons. The van der Waals surface area contributed by atoms with Gasteiger partial charge < -0.3 is 0 Å². The second-order valence-electron chi connectivity index (χ2n) is 5.06. The lowest BCUT2D eigenvalue weighted by molar-refractivity contribution is 0.634. The van der Waals surface area contributed by atoms with Crippen molar-refractivity contribution in [1.29, 1.82) is 0 Å². The Morgan fingerprint density at radius 1 is 1.14 bits per heavy atom. The first kappa shape index (κ1) is 14.0. The number of nitrogens with two attached hydrogens (primary N) is 1. The molecule has 3 N–H and O–H groups in total. The van der Waals surface area contributed by atoms with Gasteiger partial charge in [0.05, 0.1) is 11.6 Å². The summed E-state index contributed by atoms with van der Waals surface area (Å²) in [5, 5.41) is 1.81. The van der Waals surface area contributed by atoms with Crippen molar-refractivity contribution in [2.24, 2.45) is 5.84 Å². The van der Waals surface area contributed by atoms with E-state index < -0.39 is 0 Å². The number of hydrogen-bond acceptors (Lipinski definition) is 3. The summed E-state index contributed by atoms with van der Waals surface area (Å²) >= 11 is 6.12. The zero-order valence-corrected chi connectivity index (χ0v) is 12.4. The monoisotopic (exact) mass is 297 g/mol. The molecule has 0 aliphatic heterocycles. The predicted octanol–water partition coefficient (Wildman–Crippen LogP) is 3.75. The van der Waals surface area contributed by atoms with Gasteiger partial charge in [-0.25, -0.2) is 5.43 Å². The van der Waals surface area contributed by atoms with Crippen molar-refractivity contribution in [3.8, 4) is 0 Å². The van der Waals surface area contributed by atoms with E-state index in [2.05, 4.69) is 35.5 Å². The average Bonchev–Trinajstić information content (AvgIpc) is 2.51. The van der Waals surface area contributed by atoms with E-state index in [0.717, 1.165) is 27.6 Å². The van der Waals surface area contributed by atoms with Crippen molar-refractivity contribution >= 4 is 22.5 Å². The first-order chi connectivity index (χ1) is 10.2. The average molecular weight is 298 g/mol. The summed E-state index contributed by atoms with van der Waals surface area (Å²) < 4.78 is 0. The quantitative estimate of drug-likeness (QED) is 0.572. The van der Waals surface area contributed by atoms with Crippen LogP contribution in [0.25, 0.3) is 10.9 Å². The fourth-order valence-electron chi connectivity index (χ4n) is 2.55. The van der Waals surface area contributed by atoms with Crippen molar-refractivity contribution in [3.63, 3.8) is 0 Å². The molecule has 3 rings (SSSR count). The highest BCUT2D eigenvalue weighted by molar-refractivity contribution is 6.30. The molecule has 1 heterocycles. The summed E-state index contributed by atoms with van der Waals surface area (Å²) in [6.07, 6.45) is 1.79. The van der Waals surface area contributed by atoms with Crippen LogP contribution in [-0.4, -0.2) is 4.98 Å². The smallest absolute Gasteiger partial charge is 0.0713 e. The molecule has 0 radical (unpaired) electrons. The van der Waals surface area contributed by atoms with Crippen molar-refractivity contribution in [3.05, 3.63) is 76.4 Å². The summed E-state index contributed by atoms with van der Waals surface area (Å²) in [5.41, 5.74) is 7.11. The van der Waals surface area contributed by atoms with Gasteiger partial charge in [-0.1, -0.05) is 35.9 Å². The molecule has 0 saturated carbocycles. The number of nitrogens with one attached hydrogen (secondary N) is 1. The Kier molecular flexibility index (Phi) is 3.88. The fraction of sp³-hybridized carbons (Fsp3) is 0.118. The van der Waals surface area contributed by atoms with Gasteiger partial charge in [-0.3, -0.25) is 10.8 Å². The molecular weight excluding hydrogens is 282 g/mol. The molecule has 3 aromatic rings. The third-order valence-corrected chi connectivity index (χ3v) is 3.92. The number of nitrogens with zero attached hydrogens (tertiary/aromatic N) is 1. The number of hydrogen-bond donors (Lipinski definition) is 2. The first-order valence-electron chi connectivity index (χ1n) is 6.76. The Morgan fingerprint density at radius 3 is 2.81 bits per heavy atom. The molecule has 4 heteroatoms. The molecule has 0 fully saturated rings. The van der Waals surface area contributed by atoms with Crippen LogP contribution in [0.5, 0.6) is 0 Å². The second kappa shape index (κ2) is 5.82. The van der Waals surface area contributed by atoms with Crippen LogP contribution in [-0.2, 0) is 0 Å². The fourth-order valence-corrected chi connectivity index (χ4v) is 2.73. The van der Waals surface area contributed by atoms with E-state index in [1.807, 2.05) is 30.3 Å². The van der Waals surface area contributed by atoms with Crippen LogP contribution < -0.4 is 11.3 Å². The minimum atomic E-state index is -0.116. The normalized spacial score (nSPS) is 12.5. The molecule has 0 aliphatic carbocycles. The molecule has 3 nitrogen and oxygen atoms in total. The van der Waals surface area contributed by atoms with E-state index in [4.69, 9.17) is 17.4 Å². The van der Waals surface area contributed by atoms with E-state index in [1.165, 1.54) is 0 Å². The molecule has 21 heavy (non-hydrogen) atoms. The molecule has 0 saturated heterocycles. The Morgan fingerprint density at radius 2 is 2.00 bits per heavy atom. The van der Waals surface area contributed by atoms with Crippen LogP contribution in [0.15, 0.2) is 54.7 Å². The third-order valence-electron chi connectivity index (χ3n) is 3.68. The van der Waals surface area contributed by atoms with Gasteiger partial charge >= 0.3 is 0 Å². The Labute approximate surface area is 128 Å². The number of rotatable bonds is 3. The van der Waals surface area contributed by atoms with E-state index in [0.29, 0.717) is 5.02 Å². The number of pyridine rings is 1. The van der Waals surface area contributed by atoms with Crippen LogP contribution in [0.4, 0.5) is 0 Å². The molecular formula is C17H16ClN3. The highest BCUT2D eigenvalue weighted by Crippen LogP contribution is 2.28. The lowest BCUT2D eigenvalue weighted by atomic mass is 9.95. The van der Waals surface area contributed by atoms with Gasteiger partial charge in [0.1, 0.15) is 0 Å². The molecule has 0 spiro atoms. The third kappa shape index (κ3) is 2.76. The highest BCUT2D eigenvalue weighted by atomic mass is 35.5. The maximum atomic E-state index is 6.12. The van der Waals surface area contributed by atoms with E-state index in [-0.39, 0.29) is 6.04 Å². The standard InChI is InChI=1S/C17H16ClN3/c1-11-4-7-14(18)10-15(11)17(21-19)13-6-5-12-3-2-8-20-16(12)9-13/h2-10,17,21H,19H2,1H3. The van der Waals surface area contributed by atoms with Gasteiger partial charge in [0.25, 0.3) is 0 Å². The van der Waals surface area contributed by atoms with E-state index >= 15 is 0 Å². The molecule has 0 bridgehead atoms. The maximum Gasteiger partial charge on any atom is 0.0713 e. The predicted molar refractivity (Wildman–Crippen MR) is 87.1 cm³/mol. The molecule has 1 aromatic heterocycles. The molecule has 0 aliphatic rings. The number of aryl methyl sites for hydroxylation is 1. The first-order valence-corrected chi connectivity index (χ1v) is 7.13. The minimum Gasteiger partial charge on any atom is -0.271 e. The van der Waals surface area contributed by atoms with Gasteiger partial charge in [-0.15, -0.1) is 0 Å². The number of benzene rings is 2. The highest BCUT2D eigenvalue weighted by Gasteiger charge is 2.15. The van der Waals surface area contributed by atoms with Crippen molar-refractivity contribution < 1.29 is 0 Å². The van der Waals surface area contributed by atoms with Crippen LogP contribution in [0.3, 0.4) is 0 Å². The minimum absolute atomic E-state index is 0.116. The Balaban J connectivity index is 2.11. The van der Waals surface area contributed by atoms with Crippen LogP contribution >= 0.6 is 11.6 Å². The lowest BCUT2D eigenvalue weighted by Gasteiger charge is -2.19. The van der Waals surface area contributed by atoms with Crippen molar-refractivity contribution in [2.75, 3.05) is 0 Å². The summed E-state index contributed by atoms with van der Waals surface area (Å²) in [5.74, 6) is 5.79. The van der Waals surface area contributed by atoms with E-state index in [9.17, 15) is 0 Å². The van der Waals surface area contributed by atoms with Gasteiger partial charge in [0, 0.05) is 16.6 Å². The van der Waals surface area contributed by atoms with Crippen LogP contribution in [0, 0.1) is 6.92 Å². The molecule has 1 atom stereocenters. The number of aromatic nitrogens is 1. The summed E-state index contributed by atoms with van der Waals surface area (Å²) in [7, 11) is 0. The topological polar surface area (TPSA) is 50.9 Å². The van der Waals surface area contributed by atoms with Crippen molar-refractivity contribution in [1.82, 2.24) is 10.4 Å². The molecule has 2 aromatic carbocycles. The van der Waals surface area contributed by atoms with Gasteiger partial charge in [0.2, 0.25) is 0 Å². The van der Waals surface area contributed by atoms with Crippen LogP contribution in [0.2, 0.25) is 5.02 Å². The lowest BCUT2D eigenvalue weighted by Crippen LogP contribution is -2.29. The number of hydrazine groups is 1. The zero-order chi connectivity index (χ0) is 14.8. The molecule has 1 unspecified atom stereocenters. The molecule has 0 amide bonds. The summed E-state index contributed by atoms with van der Waals surface area (Å²) in [6.45, 7) is 2.05. The van der Waals surface area contributed by atoms with Gasteiger partial charge in [0.15, 0.2) is 0 Å². The second-order valence-corrected chi connectivity index (χ2v) is 5.49. The Hall–Kier alpha value is -1.94. The zero-order valence-electron chi connectivity index (χ0n) is 11.7. The largest absolute Gasteiger partial charge is 0.271 e. The summed E-state index contributed by atoms with van der Waals surface area (Å²) in [6, 6.07) is 15.9. The Bertz CT molecular complexity index is 786. The summed E-state index contributed by atoms with van der Waals surface area (Å²) in [4.78, 5) is 4.40. The number of halogens is 1. The maximum absolute atomic E-state index is 6.12. The van der Waals surface area contributed by atoms with Gasteiger partial charge in [-0.2, -0.15) is 0 Å². The van der Waals surface area contributed by atoms with Crippen molar-refractivity contribution in [2.45, 2.75) is 13.0 Å². The number of fused-ring (bicyclic) bond motifs is 1. The van der Waals surface area contributed by atoms with Gasteiger partial charge in [-0.05, 0) is 47.9 Å².